The number of aryl methyl sites for hydroxylation is 1. The van der Waals surface area contributed by atoms with E-state index in [2.05, 4.69) is 4.98 Å². The highest BCUT2D eigenvalue weighted by Crippen LogP contribution is 2.28. The monoisotopic (exact) mass is 426 g/mol. The highest BCUT2D eigenvalue weighted by atomic mass is 32.2. The van der Waals surface area contributed by atoms with Gasteiger partial charge in [0.05, 0.1) is 18.1 Å². The fourth-order valence-corrected chi connectivity index (χ4v) is 5.09. The Labute approximate surface area is 177 Å². The highest BCUT2D eigenvalue weighted by molar-refractivity contribution is 7.91. The zero-order chi connectivity index (χ0) is 21.7. The van der Waals surface area contributed by atoms with Gasteiger partial charge in [-0.15, -0.1) is 0 Å². The number of carbonyl (C=O) groups is 1. The minimum absolute atomic E-state index is 0.0558. The normalized spacial score (nSPS) is 16.6. The van der Waals surface area contributed by atoms with Gasteiger partial charge in [-0.2, -0.15) is 5.26 Å². The Morgan fingerprint density at radius 3 is 2.50 bits per heavy atom. The van der Waals surface area contributed by atoms with Gasteiger partial charge < -0.3 is 4.90 Å². The van der Waals surface area contributed by atoms with Crippen LogP contribution in [0.3, 0.4) is 0 Å². The second kappa shape index (κ2) is 9.37. The second-order valence-corrected chi connectivity index (χ2v) is 9.82. The third-order valence-corrected chi connectivity index (χ3v) is 7.01. The molecule has 0 unspecified atom stereocenters. The van der Waals surface area contributed by atoms with E-state index in [1.165, 1.54) is 6.26 Å². The summed E-state index contributed by atoms with van der Waals surface area (Å²) in [4.78, 5) is 21.2. The predicted molar refractivity (Wildman–Crippen MR) is 116 cm³/mol. The number of rotatable bonds is 6. The minimum atomic E-state index is -3.37. The van der Waals surface area contributed by atoms with Crippen molar-refractivity contribution in [2.24, 2.45) is 0 Å². The van der Waals surface area contributed by atoms with Crippen LogP contribution in [0.2, 0.25) is 0 Å². The number of benzene rings is 1. The number of para-hydroxylation sites is 1. The predicted octanol–water partition coefficient (Wildman–Crippen LogP) is 2.79. The van der Waals surface area contributed by atoms with Crippen molar-refractivity contribution in [3.05, 3.63) is 59.9 Å². The van der Waals surface area contributed by atoms with Crippen LogP contribution in [0, 0.1) is 18.3 Å². The number of pyridine rings is 1. The van der Waals surface area contributed by atoms with Crippen molar-refractivity contribution in [3.63, 3.8) is 0 Å². The standard InChI is InChI=1S/C22H26N4O3S/c1-17-9-13-24-16-20(17)22(27)26(18-6-4-3-5-7-18)19-10-14-25(15-11-19)21(8-12-23)30(2,28)29/h3-7,9,13,16,19,21H,8,10-11,14-15H2,1-2H3/t21-/m1/s1. The molecular weight excluding hydrogens is 400 g/mol. The van der Waals surface area contributed by atoms with Crippen LogP contribution in [0.15, 0.2) is 48.8 Å². The fourth-order valence-electron chi connectivity index (χ4n) is 3.96. The third kappa shape index (κ3) is 4.86. The first kappa shape index (κ1) is 21.9. The second-order valence-electron chi connectivity index (χ2n) is 7.61. The van der Waals surface area contributed by atoms with Crippen molar-refractivity contribution in [1.82, 2.24) is 9.88 Å². The van der Waals surface area contributed by atoms with E-state index < -0.39 is 15.2 Å². The molecule has 2 heterocycles. The van der Waals surface area contributed by atoms with E-state index in [0.29, 0.717) is 31.5 Å². The molecule has 0 saturated carbocycles. The lowest BCUT2D eigenvalue weighted by Gasteiger charge is -2.40. The number of hydrogen-bond donors (Lipinski definition) is 0. The number of piperidine rings is 1. The molecular formula is C22H26N4O3S. The molecule has 0 N–H and O–H groups in total. The number of nitrogens with zero attached hydrogens (tertiary/aromatic N) is 4. The van der Waals surface area contributed by atoms with E-state index in [1.54, 1.807) is 17.3 Å². The van der Waals surface area contributed by atoms with Crippen LogP contribution >= 0.6 is 0 Å². The van der Waals surface area contributed by atoms with Crippen molar-refractivity contribution >= 4 is 21.4 Å². The summed E-state index contributed by atoms with van der Waals surface area (Å²) in [5.41, 5.74) is 2.22. The van der Waals surface area contributed by atoms with Crippen molar-refractivity contribution < 1.29 is 13.2 Å². The number of aromatic nitrogens is 1. The lowest BCUT2D eigenvalue weighted by molar-refractivity contribution is 0.0956. The molecule has 1 fully saturated rings. The lowest BCUT2D eigenvalue weighted by atomic mass is 10.00. The molecule has 7 nitrogen and oxygen atoms in total. The van der Waals surface area contributed by atoms with Crippen LogP contribution < -0.4 is 4.90 Å². The molecule has 1 amide bonds. The van der Waals surface area contributed by atoms with Gasteiger partial charge in [-0.25, -0.2) is 8.42 Å². The summed E-state index contributed by atoms with van der Waals surface area (Å²) in [5, 5.41) is 8.24. The summed E-state index contributed by atoms with van der Waals surface area (Å²) in [6, 6.07) is 13.2. The molecule has 158 valence electrons. The summed E-state index contributed by atoms with van der Waals surface area (Å²) in [7, 11) is -3.37. The number of hydrogen-bond acceptors (Lipinski definition) is 6. The third-order valence-electron chi connectivity index (χ3n) is 5.55. The van der Waals surface area contributed by atoms with Gasteiger partial charge in [-0.05, 0) is 43.5 Å². The molecule has 1 aromatic carbocycles. The van der Waals surface area contributed by atoms with Gasteiger partial charge in [0, 0.05) is 43.5 Å². The van der Waals surface area contributed by atoms with Gasteiger partial charge in [0.15, 0.2) is 9.84 Å². The molecule has 0 bridgehead atoms. The van der Waals surface area contributed by atoms with Gasteiger partial charge in [-0.1, -0.05) is 18.2 Å². The molecule has 2 aromatic rings. The fraction of sp³-hybridized carbons (Fsp3) is 0.409. The van der Waals surface area contributed by atoms with Crippen LogP contribution in [-0.2, 0) is 9.84 Å². The SMILES string of the molecule is Cc1ccncc1C(=O)N(c1ccccc1)C1CCN([C@@H](CC#N)S(C)(=O)=O)CC1. The number of anilines is 1. The Bertz CT molecular complexity index is 1030. The van der Waals surface area contributed by atoms with Crippen LogP contribution in [0.1, 0.15) is 35.2 Å². The first-order valence-corrected chi connectivity index (χ1v) is 11.9. The number of carbonyl (C=O) groups excluding carboxylic acids is 1. The highest BCUT2D eigenvalue weighted by Gasteiger charge is 2.35. The Morgan fingerprint density at radius 1 is 1.27 bits per heavy atom. The number of nitriles is 1. The molecule has 1 atom stereocenters. The Hall–Kier alpha value is -2.76. The first-order valence-electron chi connectivity index (χ1n) is 9.92. The Morgan fingerprint density at radius 2 is 1.93 bits per heavy atom. The zero-order valence-electron chi connectivity index (χ0n) is 17.2. The van der Waals surface area contributed by atoms with Crippen LogP contribution in [0.25, 0.3) is 0 Å². The molecule has 30 heavy (non-hydrogen) atoms. The van der Waals surface area contributed by atoms with E-state index in [1.807, 2.05) is 54.3 Å². The summed E-state index contributed by atoms with van der Waals surface area (Å²) in [6.45, 7) is 2.90. The lowest BCUT2D eigenvalue weighted by Crippen LogP contribution is -2.51. The summed E-state index contributed by atoms with van der Waals surface area (Å²) in [6.07, 6.45) is 5.62. The molecule has 1 saturated heterocycles. The van der Waals surface area contributed by atoms with Crippen molar-refractivity contribution in [3.8, 4) is 6.07 Å². The summed E-state index contributed by atoms with van der Waals surface area (Å²) >= 11 is 0. The maximum atomic E-state index is 13.5. The zero-order valence-corrected chi connectivity index (χ0v) is 18.0. The van der Waals surface area contributed by atoms with Crippen molar-refractivity contribution in [2.45, 2.75) is 37.6 Å². The van der Waals surface area contributed by atoms with Gasteiger partial charge in [0.1, 0.15) is 5.37 Å². The quantitative estimate of drug-likeness (QED) is 0.705. The van der Waals surface area contributed by atoms with Crippen LogP contribution in [0.4, 0.5) is 5.69 Å². The Balaban J connectivity index is 1.86. The maximum absolute atomic E-state index is 13.5. The van der Waals surface area contributed by atoms with E-state index in [-0.39, 0.29) is 18.4 Å². The minimum Gasteiger partial charge on any atom is -0.305 e. The Kier molecular flexibility index (Phi) is 6.85. The molecule has 8 heteroatoms. The first-order chi connectivity index (χ1) is 14.3. The maximum Gasteiger partial charge on any atom is 0.260 e. The van der Waals surface area contributed by atoms with E-state index in [4.69, 9.17) is 5.26 Å². The van der Waals surface area contributed by atoms with Crippen molar-refractivity contribution in [1.29, 1.82) is 5.26 Å². The largest absolute Gasteiger partial charge is 0.305 e. The molecule has 0 radical (unpaired) electrons. The molecule has 0 aliphatic carbocycles. The summed E-state index contributed by atoms with van der Waals surface area (Å²) in [5.74, 6) is -0.109. The molecule has 1 aliphatic rings. The number of sulfone groups is 1. The topological polar surface area (TPSA) is 94.4 Å². The van der Waals surface area contributed by atoms with Crippen LogP contribution in [-0.4, -0.2) is 55.0 Å². The van der Waals surface area contributed by atoms with Crippen LogP contribution in [0.5, 0.6) is 0 Å². The van der Waals surface area contributed by atoms with Gasteiger partial charge in [-0.3, -0.25) is 14.7 Å². The average Bonchev–Trinajstić information content (AvgIpc) is 2.73. The average molecular weight is 427 g/mol. The molecule has 0 spiro atoms. The van der Waals surface area contributed by atoms with E-state index in [9.17, 15) is 13.2 Å². The number of amides is 1. The van der Waals surface area contributed by atoms with E-state index in [0.717, 1.165) is 11.3 Å². The van der Waals surface area contributed by atoms with Crippen molar-refractivity contribution in [2.75, 3.05) is 24.2 Å². The molecule has 1 aromatic heterocycles. The molecule has 1 aliphatic heterocycles. The van der Waals surface area contributed by atoms with Gasteiger partial charge >= 0.3 is 0 Å². The summed E-state index contributed by atoms with van der Waals surface area (Å²) < 4.78 is 24.2. The smallest absolute Gasteiger partial charge is 0.260 e. The van der Waals surface area contributed by atoms with E-state index >= 15 is 0 Å². The van der Waals surface area contributed by atoms with Gasteiger partial charge in [0.2, 0.25) is 0 Å². The number of likely N-dealkylation sites (tertiary alicyclic amines) is 1. The molecule has 3 rings (SSSR count). The van der Waals surface area contributed by atoms with Gasteiger partial charge in [0.25, 0.3) is 5.91 Å².